The molecule has 5 rings (SSSR count). The zero-order valence-electron chi connectivity index (χ0n) is 23.5. The van der Waals surface area contributed by atoms with E-state index >= 15 is 0 Å². The van der Waals surface area contributed by atoms with Crippen molar-refractivity contribution in [1.29, 1.82) is 0 Å². The molecule has 4 aromatic rings. The Morgan fingerprint density at radius 1 is 0.977 bits per heavy atom. The molecule has 4 N–H and O–H groups in total. The van der Waals surface area contributed by atoms with Crippen LogP contribution in [-0.2, 0) is 0 Å². The number of ether oxygens (including phenoxy) is 2. The van der Waals surface area contributed by atoms with Crippen molar-refractivity contribution in [3.8, 4) is 22.9 Å². The fourth-order valence-electron chi connectivity index (χ4n) is 4.73. The van der Waals surface area contributed by atoms with E-state index in [0.29, 0.717) is 29.5 Å². The zero-order valence-corrected chi connectivity index (χ0v) is 25.0. The van der Waals surface area contributed by atoms with E-state index in [2.05, 4.69) is 26.0 Å². The number of hydrogen-bond donors (Lipinski definition) is 4. The van der Waals surface area contributed by atoms with Gasteiger partial charge in [0.15, 0.2) is 0 Å². The minimum absolute atomic E-state index is 0.0368. The minimum Gasteiger partial charge on any atom is -0.497 e. The van der Waals surface area contributed by atoms with E-state index in [1.807, 2.05) is 13.8 Å². The molecule has 0 aliphatic carbocycles. The van der Waals surface area contributed by atoms with Gasteiger partial charge in [-0.25, -0.2) is 19.3 Å². The van der Waals surface area contributed by atoms with Crippen molar-refractivity contribution in [3.05, 3.63) is 81.2 Å². The molecule has 0 radical (unpaired) electrons. The predicted molar refractivity (Wildman–Crippen MR) is 165 cm³/mol. The lowest BCUT2D eigenvalue weighted by molar-refractivity contribution is 0.178. The second kappa shape index (κ2) is 12.3. The topological polar surface area (TPSA) is 143 Å². The minimum atomic E-state index is -0.663. The van der Waals surface area contributed by atoms with Crippen LogP contribution in [0.25, 0.3) is 5.69 Å². The van der Waals surface area contributed by atoms with Crippen LogP contribution < -0.4 is 31.0 Å². The molecule has 1 fully saturated rings. The van der Waals surface area contributed by atoms with Crippen LogP contribution in [0.2, 0.25) is 10.0 Å². The van der Waals surface area contributed by atoms with Gasteiger partial charge in [-0.15, -0.1) is 0 Å². The maximum atomic E-state index is 12.8. The molecule has 2 aromatic heterocycles. The lowest BCUT2D eigenvalue weighted by Gasteiger charge is -2.31. The first-order chi connectivity index (χ1) is 20.5. The number of benzene rings is 2. The first-order valence-electron chi connectivity index (χ1n) is 13.3. The number of methoxy groups -OCH3 is 1. The van der Waals surface area contributed by atoms with E-state index in [-0.39, 0.29) is 38.9 Å². The van der Waals surface area contributed by atoms with Crippen LogP contribution in [0.15, 0.2) is 65.6 Å². The van der Waals surface area contributed by atoms with Crippen LogP contribution in [-0.4, -0.2) is 50.9 Å². The first kappa shape index (κ1) is 29.8. The van der Waals surface area contributed by atoms with Crippen LogP contribution in [0.1, 0.15) is 26.7 Å². The van der Waals surface area contributed by atoms with Crippen LogP contribution in [0, 0.1) is 0 Å². The van der Waals surface area contributed by atoms with Gasteiger partial charge < -0.3 is 19.7 Å². The Hall–Kier alpha value is -4.68. The summed E-state index contributed by atoms with van der Waals surface area (Å²) in [5.41, 5.74) is 0.168. The third-order valence-corrected chi connectivity index (χ3v) is 7.80. The molecule has 1 saturated heterocycles. The molecule has 0 saturated carbocycles. The number of hydrogen-bond acceptors (Lipinski definition) is 6. The number of carbonyl (C=O) groups is 2. The van der Waals surface area contributed by atoms with Crippen molar-refractivity contribution in [2.75, 3.05) is 29.6 Å². The summed E-state index contributed by atoms with van der Waals surface area (Å²) in [4.78, 5) is 43.7. The van der Waals surface area contributed by atoms with E-state index in [9.17, 15) is 14.4 Å². The van der Waals surface area contributed by atoms with Crippen molar-refractivity contribution in [3.63, 3.8) is 0 Å². The average molecular weight is 627 g/mol. The van der Waals surface area contributed by atoms with Gasteiger partial charge in [0.25, 0.3) is 5.56 Å². The van der Waals surface area contributed by atoms with Crippen molar-refractivity contribution in [2.24, 2.45) is 0 Å². The molecule has 0 unspecified atom stereocenters. The van der Waals surface area contributed by atoms with Gasteiger partial charge in [-0.3, -0.25) is 20.5 Å². The number of nitrogens with one attached hydrogen (secondary N) is 4. The Bertz CT molecular complexity index is 1720. The molecule has 12 nitrogen and oxygen atoms in total. The van der Waals surface area contributed by atoms with Gasteiger partial charge >= 0.3 is 12.1 Å². The number of aromatic nitrogens is 3. The Kier molecular flexibility index (Phi) is 8.51. The molecule has 4 amide bonds. The summed E-state index contributed by atoms with van der Waals surface area (Å²) in [6.45, 7) is 4.73. The second-order valence-electron chi connectivity index (χ2n) is 10.3. The highest BCUT2D eigenvalue weighted by atomic mass is 35.5. The van der Waals surface area contributed by atoms with Crippen LogP contribution in [0.4, 0.5) is 26.9 Å². The molecule has 1 aliphatic heterocycles. The highest BCUT2D eigenvalue weighted by molar-refractivity contribution is 6.45. The Morgan fingerprint density at radius 3 is 2.44 bits per heavy atom. The van der Waals surface area contributed by atoms with Gasteiger partial charge in [-0.1, -0.05) is 23.2 Å². The molecule has 1 aliphatic rings. The fourth-order valence-corrected chi connectivity index (χ4v) is 5.13. The number of carbonyl (C=O) groups excluding carboxylic acids is 2. The number of urea groups is 2. The lowest BCUT2D eigenvalue weighted by atomic mass is 10.0. The molecule has 2 aromatic carbocycles. The monoisotopic (exact) mass is 625 g/mol. The first-order valence-corrected chi connectivity index (χ1v) is 14.0. The summed E-state index contributed by atoms with van der Waals surface area (Å²) in [5, 5.41) is 10.8. The summed E-state index contributed by atoms with van der Waals surface area (Å²) >= 11 is 13.0. The van der Waals surface area contributed by atoms with E-state index < -0.39 is 11.6 Å². The Labute approximate surface area is 256 Å². The third-order valence-electron chi connectivity index (χ3n) is 6.94. The van der Waals surface area contributed by atoms with Gasteiger partial charge in [-0.05, 0) is 69.2 Å². The average Bonchev–Trinajstić information content (AvgIpc) is 3.53. The highest BCUT2D eigenvalue weighted by Gasteiger charge is 2.35. The predicted octanol–water partition coefficient (Wildman–Crippen LogP) is 6.72. The summed E-state index contributed by atoms with van der Waals surface area (Å²) in [7, 11) is 1.55. The van der Waals surface area contributed by atoms with E-state index in [1.165, 1.54) is 23.0 Å². The summed E-state index contributed by atoms with van der Waals surface area (Å²) < 4.78 is 12.5. The molecule has 0 spiro atoms. The number of likely N-dealkylation sites (tertiary alicyclic amines) is 1. The summed E-state index contributed by atoms with van der Waals surface area (Å²) in [5.74, 6) is 1.75. The van der Waals surface area contributed by atoms with Crippen LogP contribution in [0.3, 0.4) is 0 Å². The summed E-state index contributed by atoms with van der Waals surface area (Å²) in [6, 6.07) is 13.5. The van der Waals surface area contributed by atoms with Gasteiger partial charge in [0.1, 0.15) is 33.9 Å². The van der Waals surface area contributed by atoms with Gasteiger partial charge in [0.05, 0.1) is 23.5 Å². The molecule has 0 bridgehead atoms. The van der Waals surface area contributed by atoms with Crippen molar-refractivity contribution >= 4 is 52.6 Å². The highest BCUT2D eigenvalue weighted by Crippen LogP contribution is 2.40. The fraction of sp³-hybridized carbons (Fsp3) is 0.241. The summed E-state index contributed by atoms with van der Waals surface area (Å²) in [6.07, 6.45) is 3.38. The van der Waals surface area contributed by atoms with Gasteiger partial charge in [0, 0.05) is 30.4 Å². The quantitative estimate of drug-likeness (QED) is 0.179. The largest absolute Gasteiger partial charge is 0.497 e. The van der Waals surface area contributed by atoms with Crippen molar-refractivity contribution in [2.45, 2.75) is 32.2 Å². The van der Waals surface area contributed by atoms with Crippen LogP contribution >= 0.6 is 23.2 Å². The number of rotatable bonds is 7. The lowest BCUT2D eigenvalue weighted by Crippen LogP contribution is -2.45. The standard InChI is InChI=1S/C29H29Cl2N7O5/c1-29(2)12-4-14-37(29)28(41)34-22-15-19(11-13-32-22)43-21-10-9-20(25(30)26(21)31)33-27(40)35-23-16-24(39)36-38(23)17-5-7-18(42-3)8-6-17/h5-11,13,15-16H,4,12,14H2,1-3H3,(H,36,39)(H,32,34,41)(H2,33,35,40). The normalized spacial score (nSPS) is 13.8. The van der Waals surface area contributed by atoms with Gasteiger partial charge in [0.2, 0.25) is 0 Å². The molecule has 224 valence electrons. The molecule has 14 heteroatoms. The van der Waals surface area contributed by atoms with Crippen molar-refractivity contribution < 1.29 is 19.1 Å². The number of aromatic amines is 1. The molecular formula is C29H29Cl2N7O5. The maximum absolute atomic E-state index is 12.8. The number of pyridine rings is 1. The second-order valence-corrected chi connectivity index (χ2v) is 11.1. The van der Waals surface area contributed by atoms with E-state index in [1.54, 1.807) is 54.5 Å². The molecule has 0 atom stereocenters. The molecular weight excluding hydrogens is 597 g/mol. The third kappa shape index (κ3) is 6.71. The number of amides is 4. The SMILES string of the molecule is COc1ccc(-n2[nH]c(=O)cc2NC(=O)Nc2ccc(Oc3ccnc(NC(=O)N4CCCC4(C)C)c3)c(Cl)c2Cl)cc1. The zero-order chi connectivity index (χ0) is 30.7. The maximum Gasteiger partial charge on any atom is 0.324 e. The molecule has 3 heterocycles. The molecule has 43 heavy (non-hydrogen) atoms. The van der Waals surface area contributed by atoms with E-state index in [0.717, 1.165) is 12.8 Å². The number of nitrogens with zero attached hydrogens (tertiary/aromatic N) is 3. The van der Waals surface area contributed by atoms with Crippen LogP contribution in [0.5, 0.6) is 17.2 Å². The number of anilines is 3. The van der Waals surface area contributed by atoms with Gasteiger partial charge in [-0.2, -0.15) is 0 Å². The van der Waals surface area contributed by atoms with E-state index in [4.69, 9.17) is 32.7 Å². The smallest absolute Gasteiger partial charge is 0.324 e. The van der Waals surface area contributed by atoms with Crippen molar-refractivity contribution in [1.82, 2.24) is 19.7 Å². The number of H-pyrrole nitrogens is 1. The Balaban J connectivity index is 1.25. The Morgan fingerprint density at radius 2 is 1.74 bits per heavy atom. The number of halogens is 2.